The number of nitrogen functional groups attached to an aromatic ring is 1. The van der Waals surface area contributed by atoms with Crippen molar-refractivity contribution in [3.63, 3.8) is 0 Å². The van der Waals surface area contributed by atoms with Crippen molar-refractivity contribution in [1.29, 1.82) is 0 Å². The van der Waals surface area contributed by atoms with Crippen LogP contribution in [0.5, 0.6) is 11.6 Å². The summed E-state index contributed by atoms with van der Waals surface area (Å²) >= 11 is 0. The van der Waals surface area contributed by atoms with Gasteiger partial charge in [0, 0.05) is 6.07 Å². The van der Waals surface area contributed by atoms with Gasteiger partial charge in [0.05, 0.1) is 5.56 Å². The molecular formula is C14H13F3N2O. The first-order valence-corrected chi connectivity index (χ1v) is 5.85. The highest BCUT2D eigenvalue weighted by molar-refractivity contribution is 5.41. The van der Waals surface area contributed by atoms with Gasteiger partial charge < -0.3 is 10.5 Å². The average Bonchev–Trinajstić information content (AvgIpc) is 2.32. The van der Waals surface area contributed by atoms with Gasteiger partial charge >= 0.3 is 6.18 Å². The van der Waals surface area contributed by atoms with E-state index in [-0.39, 0.29) is 11.7 Å². The van der Waals surface area contributed by atoms with Crippen LogP contribution in [0.15, 0.2) is 30.3 Å². The van der Waals surface area contributed by atoms with Crippen LogP contribution in [0, 0.1) is 13.8 Å². The number of pyridine rings is 1. The lowest BCUT2D eigenvalue weighted by Crippen LogP contribution is -2.07. The van der Waals surface area contributed by atoms with Crippen molar-refractivity contribution in [2.45, 2.75) is 20.0 Å². The summed E-state index contributed by atoms with van der Waals surface area (Å²) < 4.78 is 43.3. The van der Waals surface area contributed by atoms with E-state index >= 15 is 0 Å². The Hall–Kier alpha value is -2.24. The van der Waals surface area contributed by atoms with E-state index in [0.29, 0.717) is 5.75 Å². The van der Waals surface area contributed by atoms with E-state index in [4.69, 9.17) is 10.5 Å². The molecule has 0 atom stereocenters. The van der Waals surface area contributed by atoms with Crippen molar-refractivity contribution < 1.29 is 17.9 Å². The third kappa shape index (κ3) is 3.20. The van der Waals surface area contributed by atoms with E-state index in [1.165, 1.54) is 0 Å². The summed E-state index contributed by atoms with van der Waals surface area (Å²) in [5.74, 6) is -0.00133. The molecule has 0 saturated carbocycles. The number of hydrogen-bond donors (Lipinski definition) is 1. The molecular weight excluding hydrogens is 269 g/mol. The molecule has 0 radical (unpaired) electrons. The fourth-order valence-corrected chi connectivity index (χ4v) is 1.64. The molecule has 0 fully saturated rings. The van der Waals surface area contributed by atoms with Gasteiger partial charge in [-0.3, -0.25) is 0 Å². The molecule has 1 heterocycles. The van der Waals surface area contributed by atoms with Crippen LogP contribution in [0.25, 0.3) is 0 Å². The number of alkyl halides is 3. The molecule has 2 aromatic rings. The first kappa shape index (κ1) is 14.2. The minimum Gasteiger partial charge on any atom is -0.439 e. The highest BCUT2D eigenvalue weighted by Crippen LogP contribution is 2.33. The summed E-state index contributed by atoms with van der Waals surface area (Å²) in [6.45, 7) is 3.82. The topological polar surface area (TPSA) is 48.1 Å². The van der Waals surface area contributed by atoms with E-state index in [0.717, 1.165) is 23.3 Å². The van der Waals surface area contributed by atoms with Gasteiger partial charge in [0.1, 0.15) is 11.6 Å². The zero-order valence-corrected chi connectivity index (χ0v) is 11.0. The van der Waals surface area contributed by atoms with E-state index in [1.54, 1.807) is 12.1 Å². The third-order valence-corrected chi connectivity index (χ3v) is 2.85. The molecule has 0 aliphatic heterocycles. The summed E-state index contributed by atoms with van der Waals surface area (Å²) in [6.07, 6.45) is -4.49. The molecule has 2 rings (SSSR count). The summed E-state index contributed by atoms with van der Waals surface area (Å²) in [4.78, 5) is 3.75. The van der Waals surface area contributed by atoms with Crippen LogP contribution >= 0.6 is 0 Å². The minimum atomic E-state index is -4.49. The van der Waals surface area contributed by atoms with Crippen molar-refractivity contribution in [2.24, 2.45) is 0 Å². The first-order valence-electron chi connectivity index (χ1n) is 5.85. The van der Waals surface area contributed by atoms with Crippen molar-refractivity contribution in [2.75, 3.05) is 5.73 Å². The van der Waals surface area contributed by atoms with Gasteiger partial charge in [-0.2, -0.15) is 18.2 Å². The Balaban J connectivity index is 2.33. The number of rotatable bonds is 2. The number of nitrogens with two attached hydrogens (primary N) is 1. The van der Waals surface area contributed by atoms with Gasteiger partial charge in [-0.25, -0.2) is 0 Å². The largest absolute Gasteiger partial charge is 0.439 e. The molecule has 0 spiro atoms. The third-order valence-electron chi connectivity index (χ3n) is 2.85. The van der Waals surface area contributed by atoms with Crippen molar-refractivity contribution in [3.8, 4) is 11.6 Å². The lowest BCUT2D eigenvalue weighted by atomic mass is 10.1. The monoisotopic (exact) mass is 282 g/mol. The molecule has 20 heavy (non-hydrogen) atoms. The van der Waals surface area contributed by atoms with Gasteiger partial charge in [0.15, 0.2) is 0 Å². The Morgan fingerprint density at radius 3 is 2.35 bits per heavy atom. The number of aromatic nitrogens is 1. The number of nitrogens with zero attached hydrogens (tertiary/aromatic N) is 1. The second-order valence-electron chi connectivity index (χ2n) is 4.46. The first-order chi connectivity index (χ1) is 9.25. The molecule has 2 N–H and O–H groups in total. The molecule has 3 nitrogen and oxygen atoms in total. The lowest BCUT2D eigenvalue weighted by molar-refractivity contribution is -0.137. The maximum absolute atomic E-state index is 12.7. The predicted molar refractivity (Wildman–Crippen MR) is 69.6 cm³/mol. The molecule has 0 bridgehead atoms. The van der Waals surface area contributed by atoms with Gasteiger partial charge in [-0.15, -0.1) is 0 Å². The van der Waals surface area contributed by atoms with Gasteiger partial charge in [0.25, 0.3) is 0 Å². The molecule has 1 aromatic carbocycles. The SMILES string of the molecule is Cc1ccc(Oc2cc(C(F)(F)F)cc(N)n2)cc1C. The number of halogens is 3. The fourth-order valence-electron chi connectivity index (χ4n) is 1.64. The normalized spacial score (nSPS) is 11.4. The minimum absolute atomic E-state index is 0.180. The number of aryl methyl sites for hydroxylation is 2. The number of ether oxygens (including phenoxy) is 1. The van der Waals surface area contributed by atoms with Gasteiger partial charge in [-0.1, -0.05) is 6.07 Å². The molecule has 0 aliphatic rings. The van der Waals surface area contributed by atoms with Crippen molar-refractivity contribution in [3.05, 3.63) is 47.0 Å². The van der Waals surface area contributed by atoms with Crippen molar-refractivity contribution >= 4 is 5.82 Å². The van der Waals surface area contributed by atoms with Crippen LogP contribution in [0.2, 0.25) is 0 Å². The second-order valence-corrected chi connectivity index (χ2v) is 4.46. The summed E-state index contributed by atoms with van der Waals surface area (Å²) in [7, 11) is 0. The molecule has 0 aliphatic carbocycles. The Morgan fingerprint density at radius 2 is 1.75 bits per heavy atom. The Labute approximate surface area is 114 Å². The van der Waals surface area contributed by atoms with E-state index < -0.39 is 11.7 Å². The zero-order chi connectivity index (χ0) is 14.9. The standard InChI is InChI=1S/C14H13F3N2O/c1-8-3-4-11(5-9(8)2)20-13-7-10(14(15,16)17)6-12(18)19-13/h3-7H,1-2H3,(H2,18,19). The Kier molecular flexibility index (Phi) is 3.57. The maximum atomic E-state index is 12.7. The highest BCUT2D eigenvalue weighted by atomic mass is 19.4. The molecule has 0 saturated heterocycles. The number of hydrogen-bond acceptors (Lipinski definition) is 3. The predicted octanol–water partition coefficient (Wildman–Crippen LogP) is 4.09. The molecule has 0 unspecified atom stereocenters. The van der Waals surface area contributed by atoms with Crippen LogP contribution in [0.3, 0.4) is 0 Å². The fraction of sp³-hybridized carbons (Fsp3) is 0.214. The van der Waals surface area contributed by atoms with Gasteiger partial charge in [-0.05, 0) is 43.2 Å². The van der Waals surface area contributed by atoms with Crippen LogP contribution in [-0.2, 0) is 6.18 Å². The molecule has 0 amide bonds. The smallest absolute Gasteiger partial charge is 0.416 e. The zero-order valence-electron chi connectivity index (χ0n) is 11.0. The summed E-state index contributed by atoms with van der Waals surface area (Å²) in [5, 5.41) is 0. The van der Waals surface area contributed by atoms with Gasteiger partial charge in [0.2, 0.25) is 5.88 Å². The average molecular weight is 282 g/mol. The molecule has 106 valence electrons. The quantitative estimate of drug-likeness (QED) is 0.902. The number of anilines is 1. The second kappa shape index (κ2) is 5.03. The molecule has 1 aromatic heterocycles. The van der Waals surface area contributed by atoms with Crippen LogP contribution in [0.1, 0.15) is 16.7 Å². The lowest BCUT2D eigenvalue weighted by Gasteiger charge is -2.11. The summed E-state index contributed by atoms with van der Waals surface area (Å²) in [5.41, 5.74) is 6.53. The maximum Gasteiger partial charge on any atom is 0.416 e. The van der Waals surface area contributed by atoms with E-state index in [1.807, 2.05) is 19.9 Å². The van der Waals surface area contributed by atoms with E-state index in [2.05, 4.69) is 4.98 Å². The Morgan fingerprint density at radius 1 is 1.05 bits per heavy atom. The van der Waals surface area contributed by atoms with Crippen LogP contribution in [0.4, 0.5) is 19.0 Å². The number of benzene rings is 1. The molecule has 6 heteroatoms. The van der Waals surface area contributed by atoms with E-state index in [9.17, 15) is 13.2 Å². The summed E-state index contributed by atoms with van der Waals surface area (Å²) in [6, 6.07) is 6.81. The van der Waals surface area contributed by atoms with Crippen LogP contribution in [-0.4, -0.2) is 4.98 Å². The van der Waals surface area contributed by atoms with Crippen molar-refractivity contribution in [1.82, 2.24) is 4.98 Å². The highest BCUT2D eigenvalue weighted by Gasteiger charge is 2.31. The Bertz CT molecular complexity index is 639. The van der Waals surface area contributed by atoms with Crippen LogP contribution < -0.4 is 10.5 Å².